The zero-order valence-electron chi connectivity index (χ0n) is 41.0. The zero-order valence-corrected chi connectivity index (χ0v) is 41.8. The van der Waals surface area contributed by atoms with E-state index < -0.39 is 27.0 Å². The second-order valence-corrected chi connectivity index (χ2v) is 22.9. The van der Waals surface area contributed by atoms with E-state index in [0.29, 0.717) is 66.6 Å². The summed E-state index contributed by atoms with van der Waals surface area (Å²) >= 11 is 0. The van der Waals surface area contributed by atoms with E-state index in [4.69, 9.17) is 19.2 Å². The molecule has 1 spiro atoms. The molecule has 3 saturated heterocycles. The number of fused-ring (bicyclic) bond motifs is 3. The lowest BCUT2D eigenvalue weighted by Gasteiger charge is -2.56. The van der Waals surface area contributed by atoms with Crippen molar-refractivity contribution in [2.75, 3.05) is 61.6 Å². The molecule has 1 amide bonds. The Hall–Kier alpha value is -5.75. The number of rotatable bonds is 13. The number of anilines is 4. The van der Waals surface area contributed by atoms with E-state index in [1.807, 2.05) is 30.5 Å². The van der Waals surface area contributed by atoms with Gasteiger partial charge < -0.3 is 34.3 Å². The maximum absolute atomic E-state index is 14.7. The topological polar surface area (TPSA) is 184 Å². The molecule has 5 fully saturated rings. The van der Waals surface area contributed by atoms with Gasteiger partial charge in [0, 0.05) is 68.8 Å². The number of ether oxygens (including phenoxy) is 3. The minimum absolute atomic E-state index is 0.134. The summed E-state index contributed by atoms with van der Waals surface area (Å²) in [6, 6.07) is 23.1. The van der Waals surface area contributed by atoms with Crippen LogP contribution in [-0.2, 0) is 25.9 Å². The molecule has 71 heavy (non-hydrogen) atoms. The van der Waals surface area contributed by atoms with Gasteiger partial charge in [-0.15, -0.1) is 0 Å². The number of nitrogens with one attached hydrogen (secondary N) is 3. The number of H-pyrrole nitrogens is 1. The van der Waals surface area contributed by atoms with Crippen LogP contribution in [0.15, 0.2) is 83.9 Å². The van der Waals surface area contributed by atoms with E-state index >= 15 is 0 Å². The minimum Gasteiger partial charge on any atom is -0.468 e. The molecule has 17 heteroatoms. The number of piperidine rings is 1. The third kappa shape index (κ3) is 9.12. The van der Waals surface area contributed by atoms with Gasteiger partial charge in [0.25, 0.3) is 21.6 Å². The fraction of sp³-hybridized carbons (Fsp3) is 0.519. The number of amides is 1. The molecular weight excluding hydrogens is 921 g/mol. The highest BCUT2D eigenvalue weighted by molar-refractivity contribution is 7.90. The molecule has 3 atom stereocenters. The van der Waals surface area contributed by atoms with Gasteiger partial charge in [-0.2, -0.15) is 4.98 Å². The van der Waals surface area contributed by atoms with Crippen molar-refractivity contribution in [3.8, 4) is 5.88 Å². The Morgan fingerprint density at radius 2 is 1.77 bits per heavy atom. The van der Waals surface area contributed by atoms with Gasteiger partial charge in [-0.05, 0) is 155 Å². The van der Waals surface area contributed by atoms with Crippen LogP contribution >= 0.6 is 0 Å². The van der Waals surface area contributed by atoms with Gasteiger partial charge in [0.1, 0.15) is 23.1 Å². The number of hydrogen-bond acceptors (Lipinski definition) is 13. The van der Waals surface area contributed by atoms with E-state index in [2.05, 4.69) is 67.8 Å². The largest absolute Gasteiger partial charge is 0.468 e. The number of likely N-dealkylation sites (tertiary alicyclic amines) is 1. The summed E-state index contributed by atoms with van der Waals surface area (Å²) in [5.74, 6) is -0.193. The Balaban J connectivity index is 0.860. The fourth-order valence-electron chi connectivity index (χ4n) is 12.8. The second-order valence-electron chi connectivity index (χ2n) is 21.2. The van der Waals surface area contributed by atoms with Gasteiger partial charge in [-0.3, -0.25) is 19.8 Å². The number of sulfonamides is 1. The van der Waals surface area contributed by atoms with Crippen molar-refractivity contribution in [3.63, 3.8) is 0 Å². The Morgan fingerprint density at radius 1 is 0.972 bits per heavy atom. The Bertz CT molecular complexity index is 2920. The van der Waals surface area contributed by atoms with Crippen molar-refractivity contribution < 1.29 is 32.3 Å². The van der Waals surface area contributed by atoms with Crippen molar-refractivity contribution in [2.24, 2.45) is 11.3 Å². The fourth-order valence-corrected chi connectivity index (χ4v) is 13.8. The third-order valence-corrected chi connectivity index (χ3v) is 18.4. The lowest BCUT2D eigenvalue weighted by Crippen LogP contribution is -2.55. The predicted molar refractivity (Wildman–Crippen MR) is 273 cm³/mol. The number of methoxy groups -OCH3 is 1. The number of hydrogen-bond donors (Lipinski definition) is 3. The number of carbonyl (C=O) groups excluding carboxylic acids is 1. The van der Waals surface area contributed by atoms with Crippen LogP contribution in [-0.4, -0.2) is 104 Å². The standard InChI is InChI=1S/C54H66N8O8S/c1-4-36-8-5-6-9-41(36)44-10-7-24-60(44)39-31-54(32-39)21-25-59(26-22-54)38-11-13-42(46(29-38)61-45-18-27-69-34-49(45)70-52-48(61)28-37-17-23-55-50(37)57-52)51(63)58-71(66,67)40-12-14-43(47(30-40)62(64)65)56-33-35-15-19-53(2,68-3)20-16-35/h5-6,8-9,11-14,17,23,28-30,35,39,44-45,49,56H,4,7,10,15-16,18-22,24-27,31-34H2,1-3H3,(H,55,57)(H,58,63)/t35?,44-,45-,49-,53?/m0/s1. The van der Waals surface area contributed by atoms with Crippen LogP contribution in [0.2, 0.25) is 0 Å². The maximum Gasteiger partial charge on any atom is 0.293 e. The first-order chi connectivity index (χ1) is 34.3. The summed E-state index contributed by atoms with van der Waals surface area (Å²) in [6.45, 7) is 8.51. The highest BCUT2D eigenvalue weighted by Crippen LogP contribution is 2.55. The second kappa shape index (κ2) is 19.0. The molecule has 376 valence electrons. The molecule has 6 aliphatic rings. The van der Waals surface area contributed by atoms with Crippen LogP contribution in [0.3, 0.4) is 0 Å². The molecule has 2 saturated carbocycles. The molecule has 3 aromatic carbocycles. The van der Waals surface area contributed by atoms with Crippen molar-refractivity contribution in [1.82, 2.24) is 19.6 Å². The lowest BCUT2D eigenvalue weighted by molar-refractivity contribution is -0.384. The minimum atomic E-state index is -4.60. The average Bonchev–Trinajstić information content (AvgIpc) is 4.06. The van der Waals surface area contributed by atoms with Gasteiger partial charge >= 0.3 is 0 Å². The van der Waals surface area contributed by atoms with Crippen LogP contribution in [0.4, 0.5) is 28.4 Å². The molecule has 2 aliphatic carbocycles. The molecule has 3 N–H and O–H groups in total. The number of aromatic nitrogens is 2. The van der Waals surface area contributed by atoms with Crippen molar-refractivity contribution in [3.05, 3.63) is 106 Å². The number of aryl methyl sites for hydroxylation is 1. The molecule has 5 aromatic rings. The highest BCUT2D eigenvalue weighted by Gasteiger charge is 2.50. The Kier molecular flexibility index (Phi) is 12.7. The monoisotopic (exact) mass is 986 g/mol. The first kappa shape index (κ1) is 47.6. The predicted octanol–water partition coefficient (Wildman–Crippen LogP) is 9.43. The quantitative estimate of drug-likeness (QED) is 0.0750. The van der Waals surface area contributed by atoms with Crippen molar-refractivity contribution in [1.29, 1.82) is 0 Å². The van der Waals surface area contributed by atoms with E-state index in [-0.39, 0.29) is 39.4 Å². The summed E-state index contributed by atoms with van der Waals surface area (Å²) in [5, 5.41) is 16.5. The van der Waals surface area contributed by atoms with Gasteiger partial charge in [0.05, 0.1) is 39.3 Å². The number of benzene rings is 3. The van der Waals surface area contributed by atoms with Gasteiger partial charge in [-0.1, -0.05) is 31.2 Å². The molecule has 11 rings (SSSR count). The van der Waals surface area contributed by atoms with Crippen LogP contribution in [0.1, 0.15) is 112 Å². The summed E-state index contributed by atoms with van der Waals surface area (Å²) in [7, 11) is -2.87. The van der Waals surface area contributed by atoms with E-state index in [9.17, 15) is 23.3 Å². The number of nitrogens with zero attached hydrogens (tertiary/aromatic N) is 5. The van der Waals surface area contributed by atoms with Crippen LogP contribution in [0.25, 0.3) is 11.0 Å². The maximum atomic E-state index is 14.7. The molecule has 6 heterocycles. The Morgan fingerprint density at radius 3 is 2.55 bits per heavy atom. The highest BCUT2D eigenvalue weighted by atomic mass is 32.2. The molecule has 0 bridgehead atoms. The first-order valence-electron chi connectivity index (χ1n) is 25.7. The van der Waals surface area contributed by atoms with Gasteiger partial charge in [-0.25, -0.2) is 13.1 Å². The summed E-state index contributed by atoms with van der Waals surface area (Å²) < 4.78 is 48.8. The van der Waals surface area contributed by atoms with Crippen LogP contribution in [0.5, 0.6) is 5.88 Å². The number of pyridine rings is 1. The zero-order chi connectivity index (χ0) is 49.1. The summed E-state index contributed by atoms with van der Waals surface area (Å²) in [6.07, 6.45) is 13.6. The number of aromatic amines is 1. The van der Waals surface area contributed by atoms with E-state index in [1.165, 1.54) is 48.9 Å². The smallest absolute Gasteiger partial charge is 0.293 e. The molecule has 0 unspecified atom stereocenters. The average molecular weight is 987 g/mol. The van der Waals surface area contributed by atoms with Crippen LogP contribution < -0.4 is 24.6 Å². The molecule has 2 aromatic heterocycles. The number of nitro benzene ring substituents is 1. The molecule has 4 aliphatic heterocycles. The first-order valence-corrected chi connectivity index (χ1v) is 27.2. The normalized spacial score (nSPS) is 25.6. The van der Waals surface area contributed by atoms with Crippen LogP contribution in [0, 0.1) is 21.4 Å². The summed E-state index contributed by atoms with van der Waals surface area (Å²) in [5.41, 5.74) is 5.83. The number of carbonyl (C=O) groups is 1. The number of nitro groups is 1. The van der Waals surface area contributed by atoms with Crippen molar-refractivity contribution in [2.45, 2.75) is 126 Å². The summed E-state index contributed by atoms with van der Waals surface area (Å²) in [4.78, 5) is 41.5. The lowest BCUT2D eigenvalue weighted by atomic mass is 9.59. The van der Waals surface area contributed by atoms with E-state index in [0.717, 1.165) is 81.7 Å². The van der Waals surface area contributed by atoms with Crippen molar-refractivity contribution >= 4 is 55.4 Å². The Labute approximate surface area is 416 Å². The molecule has 0 radical (unpaired) electrons. The molecule has 16 nitrogen and oxygen atoms in total. The van der Waals surface area contributed by atoms with Gasteiger partial charge in [0.2, 0.25) is 5.88 Å². The SMILES string of the molecule is CCc1ccccc1[C@@H]1CCCN1C1CC2(CCN(c3ccc(C(=O)NS(=O)(=O)c4ccc(NCC5CCC(C)(OC)CC5)c([N+](=O)[O-])c4)c(N4c5cc6cc[nH]c6nc5O[C@H]5COCC[C@@H]54)c3)CC2)C1. The van der Waals surface area contributed by atoms with Gasteiger partial charge in [0.15, 0.2) is 0 Å². The van der Waals surface area contributed by atoms with E-state index in [1.54, 1.807) is 13.2 Å². The molecular formula is C54H66N8O8S. The third-order valence-electron chi connectivity index (χ3n) is 17.1.